The summed E-state index contributed by atoms with van der Waals surface area (Å²) in [5.41, 5.74) is 5.54. The Morgan fingerprint density at radius 3 is 2.36 bits per heavy atom. The van der Waals surface area contributed by atoms with Crippen LogP contribution in [0.4, 0.5) is 5.69 Å². The minimum absolute atomic E-state index is 0. The van der Waals surface area contributed by atoms with Crippen LogP contribution in [0.25, 0.3) is 0 Å². The SMILES string of the molecule is Cc1ccc(CN=C(NCCc2c(C)noc2C)Nc2ccccc2)cc1.I. The molecule has 3 aromatic rings. The predicted molar refractivity (Wildman–Crippen MR) is 125 cm³/mol. The van der Waals surface area contributed by atoms with Crippen molar-refractivity contribution in [2.24, 2.45) is 4.99 Å². The fourth-order valence-corrected chi connectivity index (χ4v) is 2.83. The number of hydrogen-bond donors (Lipinski definition) is 2. The van der Waals surface area contributed by atoms with Gasteiger partial charge in [-0.3, -0.25) is 0 Å². The van der Waals surface area contributed by atoms with Gasteiger partial charge in [0.05, 0.1) is 12.2 Å². The lowest BCUT2D eigenvalue weighted by Gasteiger charge is -2.13. The zero-order chi connectivity index (χ0) is 19.1. The topological polar surface area (TPSA) is 62.5 Å². The van der Waals surface area contributed by atoms with E-state index in [4.69, 9.17) is 9.52 Å². The second-order valence-corrected chi connectivity index (χ2v) is 6.62. The first-order chi connectivity index (χ1) is 13.1. The van der Waals surface area contributed by atoms with E-state index >= 15 is 0 Å². The van der Waals surface area contributed by atoms with Crippen LogP contribution in [0.15, 0.2) is 64.1 Å². The molecule has 28 heavy (non-hydrogen) atoms. The summed E-state index contributed by atoms with van der Waals surface area (Å²) in [6, 6.07) is 18.5. The zero-order valence-corrected chi connectivity index (χ0v) is 18.9. The number of guanidine groups is 1. The maximum absolute atomic E-state index is 5.24. The highest BCUT2D eigenvalue weighted by atomic mass is 127. The number of benzene rings is 2. The van der Waals surface area contributed by atoms with Crippen molar-refractivity contribution in [3.8, 4) is 0 Å². The van der Waals surface area contributed by atoms with Crippen LogP contribution in [-0.4, -0.2) is 17.7 Å². The molecular weight excluding hydrogens is 463 g/mol. The van der Waals surface area contributed by atoms with Gasteiger partial charge in [0, 0.05) is 17.8 Å². The van der Waals surface area contributed by atoms with Gasteiger partial charge in [0.25, 0.3) is 0 Å². The average Bonchev–Trinajstić information content (AvgIpc) is 3.00. The molecule has 0 unspecified atom stereocenters. The minimum atomic E-state index is 0. The molecule has 0 aliphatic carbocycles. The number of nitrogens with one attached hydrogen (secondary N) is 2. The largest absolute Gasteiger partial charge is 0.361 e. The Balaban J connectivity index is 0.00000280. The third-order valence-corrected chi connectivity index (χ3v) is 4.43. The van der Waals surface area contributed by atoms with Gasteiger partial charge in [0.1, 0.15) is 5.76 Å². The van der Waals surface area contributed by atoms with E-state index in [1.165, 1.54) is 11.1 Å². The number of rotatable bonds is 6. The Morgan fingerprint density at radius 1 is 1.00 bits per heavy atom. The standard InChI is InChI=1S/C22H26N4O.HI/c1-16-9-11-19(12-10-16)15-24-22(25-20-7-5-4-6-8-20)23-14-13-21-17(2)26-27-18(21)3;/h4-12H,13-15H2,1-3H3,(H2,23,24,25);1H. The first kappa shape index (κ1) is 21.9. The normalized spacial score (nSPS) is 11.0. The highest BCUT2D eigenvalue weighted by Gasteiger charge is 2.09. The monoisotopic (exact) mass is 490 g/mol. The molecule has 2 N–H and O–H groups in total. The Labute approximate surface area is 183 Å². The molecule has 148 valence electrons. The van der Waals surface area contributed by atoms with E-state index in [9.17, 15) is 0 Å². The summed E-state index contributed by atoms with van der Waals surface area (Å²) in [4.78, 5) is 4.74. The minimum Gasteiger partial charge on any atom is -0.361 e. The molecule has 2 aromatic carbocycles. The maximum Gasteiger partial charge on any atom is 0.196 e. The molecule has 1 aromatic heterocycles. The third-order valence-electron chi connectivity index (χ3n) is 4.43. The molecule has 5 nitrogen and oxygen atoms in total. The molecule has 0 aliphatic rings. The van der Waals surface area contributed by atoms with E-state index in [1.54, 1.807) is 0 Å². The first-order valence-corrected chi connectivity index (χ1v) is 9.19. The fourth-order valence-electron chi connectivity index (χ4n) is 2.83. The van der Waals surface area contributed by atoms with E-state index in [0.717, 1.165) is 41.6 Å². The molecule has 0 radical (unpaired) electrons. The summed E-state index contributed by atoms with van der Waals surface area (Å²) >= 11 is 0. The third kappa shape index (κ3) is 6.37. The molecule has 0 aliphatic heterocycles. The quantitative estimate of drug-likeness (QED) is 0.290. The van der Waals surface area contributed by atoms with E-state index in [2.05, 4.69) is 47.0 Å². The van der Waals surface area contributed by atoms with E-state index < -0.39 is 0 Å². The van der Waals surface area contributed by atoms with Crippen molar-refractivity contribution in [1.29, 1.82) is 0 Å². The van der Waals surface area contributed by atoms with E-state index in [-0.39, 0.29) is 24.0 Å². The molecular formula is C22H27IN4O. The Kier molecular flexibility index (Phi) is 8.50. The lowest BCUT2D eigenvalue weighted by molar-refractivity contribution is 0.392. The summed E-state index contributed by atoms with van der Waals surface area (Å²) < 4.78 is 5.24. The van der Waals surface area contributed by atoms with Crippen molar-refractivity contribution in [2.45, 2.75) is 33.7 Å². The number of aliphatic imine (C=N–C) groups is 1. The molecule has 1 heterocycles. The molecule has 0 atom stereocenters. The van der Waals surface area contributed by atoms with Crippen LogP contribution in [-0.2, 0) is 13.0 Å². The van der Waals surface area contributed by atoms with Gasteiger partial charge in [-0.1, -0.05) is 53.2 Å². The molecule has 3 rings (SSSR count). The van der Waals surface area contributed by atoms with E-state index in [0.29, 0.717) is 6.54 Å². The molecule has 0 saturated carbocycles. The summed E-state index contributed by atoms with van der Waals surface area (Å²) in [7, 11) is 0. The van der Waals surface area contributed by atoms with Gasteiger partial charge in [0.15, 0.2) is 5.96 Å². The molecule has 6 heteroatoms. The molecule has 0 bridgehead atoms. The Bertz CT molecular complexity index is 869. The maximum atomic E-state index is 5.24. The van der Waals surface area contributed by atoms with Crippen molar-refractivity contribution in [1.82, 2.24) is 10.5 Å². The highest BCUT2D eigenvalue weighted by molar-refractivity contribution is 14.0. The van der Waals surface area contributed by atoms with Gasteiger partial charge in [-0.25, -0.2) is 4.99 Å². The summed E-state index contributed by atoms with van der Waals surface area (Å²) in [5, 5.41) is 10.8. The second-order valence-electron chi connectivity index (χ2n) is 6.62. The Hall–Kier alpha value is -2.35. The van der Waals surface area contributed by atoms with Crippen LogP contribution in [0, 0.1) is 20.8 Å². The van der Waals surface area contributed by atoms with Crippen LogP contribution in [0.3, 0.4) is 0 Å². The van der Waals surface area contributed by atoms with Crippen LogP contribution >= 0.6 is 24.0 Å². The van der Waals surface area contributed by atoms with Gasteiger partial charge in [0.2, 0.25) is 0 Å². The summed E-state index contributed by atoms with van der Waals surface area (Å²) in [6.07, 6.45) is 0.835. The van der Waals surface area contributed by atoms with Gasteiger partial charge in [-0.15, -0.1) is 24.0 Å². The van der Waals surface area contributed by atoms with Gasteiger partial charge < -0.3 is 15.2 Å². The first-order valence-electron chi connectivity index (χ1n) is 9.19. The molecule has 0 saturated heterocycles. The molecule has 0 spiro atoms. The molecule has 0 fully saturated rings. The smallest absolute Gasteiger partial charge is 0.196 e. The van der Waals surface area contributed by atoms with Crippen molar-refractivity contribution in [3.05, 3.63) is 82.7 Å². The van der Waals surface area contributed by atoms with Crippen molar-refractivity contribution in [2.75, 3.05) is 11.9 Å². The van der Waals surface area contributed by atoms with Gasteiger partial charge in [-0.2, -0.15) is 0 Å². The van der Waals surface area contributed by atoms with Crippen LogP contribution in [0.2, 0.25) is 0 Å². The number of para-hydroxylation sites is 1. The summed E-state index contributed by atoms with van der Waals surface area (Å²) in [6.45, 7) is 7.37. The lowest BCUT2D eigenvalue weighted by atomic mass is 10.1. The van der Waals surface area contributed by atoms with Crippen LogP contribution in [0.5, 0.6) is 0 Å². The Morgan fingerprint density at radius 2 is 1.71 bits per heavy atom. The van der Waals surface area contributed by atoms with Crippen molar-refractivity contribution >= 4 is 35.6 Å². The predicted octanol–water partition coefficient (Wildman–Crippen LogP) is 5.02. The number of aryl methyl sites for hydroxylation is 3. The van der Waals surface area contributed by atoms with Crippen molar-refractivity contribution in [3.63, 3.8) is 0 Å². The van der Waals surface area contributed by atoms with Gasteiger partial charge >= 0.3 is 0 Å². The number of anilines is 1. The number of halogens is 1. The van der Waals surface area contributed by atoms with Gasteiger partial charge in [-0.05, 0) is 44.9 Å². The number of hydrogen-bond acceptors (Lipinski definition) is 3. The lowest BCUT2D eigenvalue weighted by Crippen LogP contribution is -2.32. The number of aromatic nitrogens is 1. The zero-order valence-electron chi connectivity index (χ0n) is 16.5. The van der Waals surface area contributed by atoms with Crippen molar-refractivity contribution < 1.29 is 4.52 Å². The summed E-state index contributed by atoms with van der Waals surface area (Å²) in [5.74, 6) is 1.64. The average molecular weight is 490 g/mol. The van der Waals surface area contributed by atoms with E-state index in [1.807, 2.05) is 44.2 Å². The fraction of sp³-hybridized carbons (Fsp3) is 0.273. The second kappa shape index (κ2) is 10.8. The number of nitrogens with zero attached hydrogens (tertiary/aromatic N) is 2. The van der Waals surface area contributed by atoms with Crippen LogP contribution < -0.4 is 10.6 Å². The molecule has 0 amide bonds. The highest BCUT2D eigenvalue weighted by Crippen LogP contribution is 2.12. The van der Waals surface area contributed by atoms with Crippen LogP contribution in [0.1, 0.15) is 28.1 Å².